The van der Waals surface area contributed by atoms with Crippen molar-refractivity contribution in [2.45, 2.75) is 79.7 Å². The molecule has 1 atom stereocenters. The standard InChI is InChI=1S/C31H45NO5/c1-9-12-26-17-18-27(28(21-26)35-8)37-31(34)32-29(23(4)5)30(33)36-20-19-25(7)16-11-15-24(6)14-10-13-22(2)3/h9,13,15,17-19,21,23,29H,1,10-12,14,16,20H2,2-8H3,(H,32,34). The first-order valence-electron chi connectivity index (χ1n) is 12.9. The first-order valence-corrected chi connectivity index (χ1v) is 12.9. The molecule has 0 radical (unpaired) electrons. The fourth-order valence-electron chi connectivity index (χ4n) is 3.54. The van der Waals surface area contributed by atoms with Crippen LogP contribution in [0.3, 0.4) is 0 Å². The van der Waals surface area contributed by atoms with Crippen molar-refractivity contribution in [2.75, 3.05) is 13.7 Å². The van der Waals surface area contributed by atoms with E-state index in [1.54, 1.807) is 18.2 Å². The minimum absolute atomic E-state index is 0.159. The smallest absolute Gasteiger partial charge is 0.413 e. The molecule has 1 N–H and O–H groups in total. The number of nitrogens with one attached hydrogen (secondary N) is 1. The SMILES string of the molecule is C=CCc1ccc(OC(=O)NC(C(=O)OCC=C(C)CCC=C(C)CCC=C(C)C)C(C)C)c(OC)c1. The Labute approximate surface area is 223 Å². The lowest BCUT2D eigenvalue weighted by Gasteiger charge is -2.20. The molecule has 0 aliphatic heterocycles. The highest BCUT2D eigenvalue weighted by Gasteiger charge is 2.26. The van der Waals surface area contributed by atoms with Crippen LogP contribution >= 0.6 is 0 Å². The third-order valence-corrected chi connectivity index (χ3v) is 5.78. The summed E-state index contributed by atoms with van der Waals surface area (Å²) in [6.45, 7) is 16.0. The average molecular weight is 512 g/mol. The van der Waals surface area contributed by atoms with Crippen LogP contribution in [0.25, 0.3) is 0 Å². The van der Waals surface area contributed by atoms with Gasteiger partial charge in [-0.05, 0) is 89.5 Å². The monoisotopic (exact) mass is 511 g/mol. The Morgan fingerprint density at radius 2 is 1.62 bits per heavy atom. The van der Waals surface area contributed by atoms with Crippen LogP contribution < -0.4 is 14.8 Å². The zero-order valence-corrected chi connectivity index (χ0v) is 23.7. The summed E-state index contributed by atoms with van der Waals surface area (Å²) in [4.78, 5) is 25.2. The minimum atomic E-state index is -0.835. The van der Waals surface area contributed by atoms with Crippen LogP contribution in [0.15, 0.2) is 65.8 Å². The van der Waals surface area contributed by atoms with Crippen LogP contribution in [0, 0.1) is 5.92 Å². The predicted octanol–water partition coefficient (Wildman–Crippen LogP) is 7.50. The first-order chi connectivity index (χ1) is 17.6. The summed E-state index contributed by atoms with van der Waals surface area (Å²) in [6, 6.07) is 4.44. The molecule has 1 rings (SSSR count). The van der Waals surface area contributed by atoms with Gasteiger partial charge in [0.05, 0.1) is 7.11 Å². The number of hydrogen-bond acceptors (Lipinski definition) is 5. The lowest BCUT2D eigenvalue weighted by molar-refractivity contribution is -0.145. The summed E-state index contributed by atoms with van der Waals surface area (Å²) in [5, 5.41) is 2.62. The van der Waals surface area contributed by atoms with E-state index in [1.807, 2.05) is 32.9 Å². The molecular weight excluding hydrogens is 466 g/mol. The van der Waals surface area contributed by atoms with Gasteiger partial charge in [-0.2, -0.15) is 0 Å². The number of ether oxygens (including phenoxy) is 3. The van der Waals surface area contributed by atoms with Crippen LogP contribution in [-0.4, -0.2) is 31.8 Å². The molecule has 6 nitrogen and oxygen atoms in total. The third-order valence-electron chi connectivity index (χ3n) is 5.78. The fourth-order valence-corrected chi connectivity index (χ4v) is 3.54. The molecule has 0 heterocycles. The second-order valence-electron chi connectivity index (χ2n) is 9.82. The molecule has 0 saturated heterocycles. The van der Waals surface area contributed by atoms with Gasteiger partial charge in [-0.25, -0.2) is 9.59 Å². The van der Waals surface area contributed by atoms with Gasteiger partial charge >= 0.3 is 12.1 Å². The van der Waals surface area contributed by atoms with Crippen LogP contribution in [-0.2, 0) is 16.0 Å². The molecule has 37 heavy (non-hydrogen) atoms. The molecule has 1 aromatic rings. The zero-order valence-electron chi connectivity index (χ0n) is 23.7. The van der Waals surface area contributed by atoms with Crippen molar-refractivity contribution in [1.82, 2.24) is 5.32 Å². The molecule has 1 unspecified atom stereocenters. The Hall–Kier alpha value is -3.28. The molecule has 0 aromatic heterocycles. The number of methoxy groups -OCH3 is 1. The molecular formula is C31H45NO5. The Morgan fingerprint density at radius 3 is 2.22 bits per heavy atom. The van der Waals surface area contributed by atoms with Crippen molar-refractivity contribution in [3.8, 4) is 11.5 Å². The van der Waals surface area contributed by atoms with Crippen LogP contribution in [0.5, 0.6) is 11.5 Å². The Kier molecular flexibility index (Phi) is 14.8. The van der Waals surface area contributed by atoms with Crippen molar-refractivity contribution in [1.29, 1.82) is 0 Å². The normalized spacial score (nSPS) is 12.5. The van der Waals surface area contributed by atoms with Gasteiger partial charge in [0.25, 0.3) is 0 Å². The van der Waals surface area contributed by atoms with Crippen molar-refractivity contribution >= 4 is 12.1 Å². The zero-order chi connectivity index (χ0) is 27.8. The molecule has 0 bridgehead atoms. The highest BCUT2D eigenvalue weighted by molar-refractivity contribution is 5.82. The highest BCUT2D eigenvalue weighted by Crippen LogP contribution is 2.28. The molecule has 0 saturated carbocycles. The fraction of sp³-hybridized carbons (Fsp3) is 0.484. The quantitative estimate of drug-likeness (QED) is 0.195. The van der Waals surface area contributed by atoms with E-state index in [2.05, 4.69) is 44.8 Å². The largest absolute Gasteiger partial charge is 0.493 e. The molecule has 204 valence electrons. The maximum absolute atomic E-state index is 12.7. The summed E-state index contributed by atoms with van der Waals surface area (Å²) in [7, 11) is 1.50. The van der Waals surface area contributed by atoms with Gasteiger partial charge in [0.1, 0.15) is 12.6 Å². The van der Waals surface area contributed by atoms with E-state index in [4.69, 9.17) is 14.2 Å². The van der Waals surface area contributed by atoms with Gasteiger partial charge in [0, 0.05) is 0 Å². The van der Waals surface area contributed by atoms with Crippen LogP contribution in [0.2, 0.25) is 0 Å². The first kappa shape index (κ1) is 31.7. The molecule has 6 heteroatoms. The van der Waals surface area contributed by atoms with E-state index in [-0.39, 0.29) is 18.3 Å². The van der Waals surface area contributed by atoms with Crippen LogP contribution in [0.1, 0.15) is 72.8 Å². The summed E-state index contributed by atoms with van der Waals surface area (Å²) < 4.78 is 16.2. The van der Waals surface area contributed by atoms with E-state index in [0.717, 1.165) is 36.8 Å². The van der Waals surface area contributed by atoms with Crippen molar-refractivity contribution in [3.63, 3.8) is 0 Å². The van der Waals surface area contributed by atoms with E-state index in [9.17, 15) is 9.59 Å². The number of esters is 1. The second kappa shape index (κ2) is 17.2. The maximum atomic E-state index is 12.7. The van der Waals surface area contributed by atoms with E-state index in [1.165, 1.54) is 18.3 Å². The molecule has 0 aliphatic carbocycles. The van der Waals surface area contributed by atoms with Gasteiger partial charge in [0.15, 0.2) is 11.5 Å². The number of carbonyl (C=O) groups is 2. The van der Waals surface area contributed by atoms with E-state index in [0.29, 0.717) is 12.2 Å². The van der Waals surface area contributed by atoms with E-state index >= 15 is 0 Å². The third kappa shape index (κ3) is 13.0. The van der Waals surface area contributed by atoms with Gasteiger partial charge in [-0.3, -0.25) is 0 Å². The maximum Gasteiger partial charge on any atom is 0.413 e. The minimum Gasteiger partial charge on any atom is -0.493 e. The Morgan fingerprint density at radius 1 is 0.973 bits per heavy atom. The number of amides is 1. The topological polar surface area (TPSA) is 73.9 Å². The number of hydrogen-bond donors (Lipinski definition) is 1. The lowest BCUT2D eigenvalue weighted by atomic mass is 10.1. The molecule has 0 aliphatic rings. The predicted molar refractivity (Wildman–Crippen MR) is 151 cm³/mol. The van der Waals surface area contributed by atoms with Gasteiger partial charge < -0.3 is 19.5 Å². The van der Waals surface area contributed by atoms with Crippen molar-refractivity contribution < 1.29 is 23.8 Å². The number of allylic oxidation sites excluding steroid dienone is 6. The van der Waals surface area contributed by atoms with Crippen molar-refractivity contribution in [2.24, 2.45) is 5.92 Å². The molecule has 0 spiro atoms. The van der Waals surface area contributed by atoms with Gasteiger partial charge in [-0.1, -0.05) is 54.9 Å². The molecule has 0 fully saturated rings. The summed E-state index contributed by atoms with van der Waals surface area (Å²) in [6.07, 6.45) is 12.2. The highest BCUT2D eigenvalue weighted by atomic mass is 16.6. The summed E-state index contributed by atoms with van der Waals surface area (Å²) >= 11 is 0. The van der Waals surface area contributed by atoms with Gasteiger partial charge in [0.2, 0.25) is 0 Å². The lowest BCUT2D eigenvalue weighted by Crippen LogP contribution is -2.46. The van der Waals surface area contributed by atoms with E-state index < -0.39 is 18.1 Å². The van der Waals surface area contributed by atoms with Gasteiger partial charge in [-0.15, -0.1) is 6.58 Å². The number of rotatable bonds is 15. The summed E-state index contributed by atoms with van der Waals surface area (Å²) in [5.41, 5.74) is 4.88. The number of carbonyl (C=O) groups excluding carboxylic acids is 2. The molecule has 1 aromatic carbocycles. The van der Waals surface area contributed by atoms with Crippen molar-refractivity contribution in [3.05, 3.63) is 71.4 Å². The Balaban J connectivity index is 2.59. The number of benzene rings is 1. The second-order valence-corrected chi connectivity index (χ2v) is 9.82. The summed E-state index contributed by atoms with van der Waals surface area (Å²) in [5.74, 6) is 0.0148. The average Bonchev–Trinajstić information content (AvgIpc) is 2.83. The molecule has 1 amide bonds. The Bertz CT molecular complexity index is 983. The van der Waals surface area contributed by atoms with Crippen LogP contribution in [0.4, 0.5) is 4.79 Å².